The predicted molar refractivity (Wildman–Crippen MR) is 226 cm³/mol. The lowest BCUT2D eigenvalue weighted by Gasteiger charge is -2.50. The fourth-order valence-corrected chi connectivity index (χ4v) is 9.62. The van der Waals surface area contributed by atoms with Gasteiger partial charge in [-0.05, 0) is 103 Å². The van der Waals surface area contributed by atoms with Gasteiger partial charge in [-0.3, -0.25) is 33.6 Å². The summed E-state index contributed by atoms with van der Waals surface area (Å²) in [4.78, 5) is 89.3. The molecule has 6 rings (SSSR count). The van der Waals surface area contributed by atoms with Crippen molar-refractivity contribution in [2.45, 2.75) is 95.2 Å². The summed E-state index contributed by atoms with van der Waals surface area (Å²) in [6, 6.07) is 18.4. The fraction of sp³-hybridized carbons (Fsp3) is 0.457. The summed E-state index contributed by atoms with van der Waals surface area (Å²) in [5.74, 6) is -3.01. The van der Waals surface area contributed by atoms with Crippen LogP contribution in [0.2, 0.25) is 0 Å². The normalized spacial score (nSPS) is 22.0. The second-order valence-electron chi connectivity index (χ2n) is 16.9. The van der Waals surface area contributed by atoms with Crippen molar-refractivity contribution in [1.82, 2.24) is 26.6 Å². The summed E-state index contributed by atoms with van der Waals surface area (Å²) in [6.07, 6.45) is 4.94. The lowest BCUT2D eigenvalue weighted by atomic mass is 9.55. The molecule has 0 heterocycles. The summed E-state index contributed by atoms with van der Waals surface area (Å²) < 4.78 is 6.08. The Hall–Kier alpha value is -6.45. The molecule has 2 fully saturated rings. The van der Waals surface area contributed by atoms with Crippen LogP contribution in [0.5, 0.6) is 11.5 Å². The molecule has 0 radical (unpaired) electrons. The molecule has 0 aliphatic heterocycles. The van der Waals surface area contributed by atoms with Gasteiger partial charge in [-0.2, -0.15) is 0 Å². The number of benzene rings is 3. The molecule has 9 N–H and O–H groups in total. The Bertz CT molecular complexity index is 2130. The van der Waals surface area contributed by atoms with Gasteiger partial charge in [0.2, 0.25) is 35.4 Å². The first kappa shape index (κ1) is 45.1. The van der Waals surface area contributed by atoms with Gasteiger partial charge in [-0.1, -0.05) is 55.5 Å². The minimum Gasteiger partial charge on any atom is -0.508 e. The van der Waals surface area contributed by atoms with Crippen molar-refractivity contribution in [3.63, 3.8) is 0 Å². The number of carbonyl (C=O) groups is 7. The molecule has 3 aliphatic carbocycles. The number of nitrogens with one attached hydrogen (secondary N) is 5. The number of phenols is 2. The van der Waals surface area contributed by atoms with Gasteiger partial charge >= 0.3 is 5.97 Å². The molecule has 16 heteroatoms. The van der Waals surface area contributed by atoms with Crippen LogP contribution in [-0.4, -0.2) is 89.4 Å². The monoisotopic (exact) mass is 852 g/mol. The number of carbonyl (C=O) groups excluding carboxylic acids is 7. The molecule has 6 amide bonds. The minimum atomic E-state index is -1.16. The smallest absolute Gasteiger partial charge is 0.306 e. The maximum absolute atomic E-state index is 13.4. The Morgan fingerprint density at radius 1 is 0.710 bits per heavy atom. The third kappa shape index (κ3) is 11.7. The van der Waals surface area contributed by atoms with Crippen molar-refractivity contribution in [3.8, 4) is 11.5 Å². The van der Waals surface area contributed by atoms with E-state index in [2.05, 4.69) is 39.6 Å². The second-order valence-corrected chi connectivity index (χ2v) is 16.9. The van der Waals surface area contributed by atoms with E-state index in [1.54, 1.807) is 48.5 Å². The average Bonchev–Trinajstić information content (AvgIpc) is 3.58. The molecule has 3 aromatic rings. The van der Waals surface area contributed by atoms with Crippen molar-refractivity contribution >= 4 is 41.4 Å². The molecule has 330 valence electrons. The lowest BCUT2D eigenvalue weighted by molar-refractivity contribution is -0.158. The minimum absolute atomic E-state index is 0.00254. The van der Waals surface area contributed by atoms with Crippen LogP contribution < -0.4 is 32.3 Å². The van der Waals surface area contributed by atoms with E-state index in [0.717, 1.165) is 44.1 Å². The maximum atomic E-state index is 13.4. The van der Waals surface area contributed by atoms with Crippen LogP contribution in [0.15, 0.2) is 72.8 Å². The van der Waals surface area contributed by atoms with E-state index in [4.69, 9.17) is 10.5 Å². The van der Waals surface area contributed by atoms with Crippen LogP contribution in [0.25, 0.3) is 0 Å². The summed E-state index contributed by atoms with van der Waals surface area (Å²) in [5, 5.41) is 32.2. The summed E-state index contributed by atoms with van der Waals surface area (Å²) >= 11 is 0. The van der Waals surface area contributed by atoms with E-state index in [9.17, 15) is 43.8 Å². The number of hydrogen-bond acceptors (Lipinski definition) is 10. The zero-order valence-electron chi connectivity index (χ0n) is 34.8. The Kier molecular flexibility index (Phi) is 14.8. The third-order valence-corrected chi connectivity index (χ3v) is 12.7. The summed E-state index contributed by atoms with van der Waals surface area (Å²) in [5.41, 5.74) is 8.85. The molecule has 2 saturated carbocycles. The highest BCUT2D eigenvalue weighted by Crippen LogP contribution is 2.61. The van der Waals surface area contributed by atoms with Crippen LogP contribution in [0.1, 0.15) is 80.0 Å². The number of nitrogens with two attached hydrogens (primary N) is 1. The maximum Gasteiger partial charge on any atom is 0.306 e. The van der Waals surface area contributed by atoms with E-state index < -0.39 is 73.1 Å². The first-order valence-corrected chi connectivity index (χ1v) is 21.2. The lowest BCUT2D eigenvalue weighted by Crippen LogP contribution is -2.53. The summed E-state index contributed by atoms with van der Waals surface area (Å²) in [7, 11) is 0. The van der Waals surface area contributed by atoms with Gasteiger partial charge in [0, 0.05) is 24.7 Å². The number of aryl methyl sites for hydroxylation is 1. The van der Waals surface area contributed by atoms with Crippen LogP contribution in [0.3, 0.4) is 0 Å². The number of esters is 1. The van der Waals surface area contributed by atoms with Gasteiger partial charge < -0.3 is 47.3 Å². The van der Waals surface area contributed by atoms with Crippen molar-refractivity contribution in [3.05, 3.63) is 95.1 Å². The van der Waals surface area contributed by atoms with Gasteiger partial charge in [0.25, 0.3) is 0 Å². The first-order chi connectivity index (χ1) is 29.7. The van der Waals surface area contributed by atoms with Crippen LogP contribution in [0.4, 0.5) is 0 Å². The second kappa shape index (κ2) is 20.4. The number of ether oxygens (including phenoxy) is 1. The molecule has 16 nitrogen and oxygen atoms in total. The first-order valence-electron chi connectivity index (χ1n) is 21.2. The van der Waals surface area contributed by atoms with Crippen LogP contribution >= 0.6 is 0 Å². The summed E-state index contributed by atoms with van der Waals surface area (Å²) in [6.45, 7) is 0.712. The van der Waals surface area contributed by atoms with Crippen molar-refractivity contribution in [2.75, 3.05) is 19.6 Å². The molecule has 0 saturated heterocycles. The molecule has 0 aromatic heterocycles. The van der Waals surface area contributed by atoms with E-state index in [1.807, 2.05) is 6.07 Å². The quantitative estimate of drug-likeness (QED) is 0.0864. The number of primary amides is 1. The van der Waals surface area contributed by atoms with Gasteiger partial charge in [0.05, 0.1) is 26.1 Å². The largest absolute Gasteiger partial charge is 0.508 e. The Labute approximate surface area is 360 Å². The molecule has 0 unspecified atom stereocenters. The number of rotatable bonds is 18. The number of aromatic hydroxyl groups is 2. The van der Waals surface area contributed by atoms with E-state index >= 15 is 0 Å². The van der Waals surface area contributed by atoms with E-state index in [-0.39, 0.29) is 43.0 Å². The fourth-order valence-electron chi connectivity index (χ4n) is 9.62. The number of fused-ring (bicyclic) bond motifs is 5. The topological polar surface area (TPSA) is 255 Å². The van der Waals surface area contributed by atoms with Crippen molar-refractivity contribution in [2.24, 2.45) is 23.0 Å². The molecule has 0 spiro atoms. The Morgan fingerprint density at radius 3 is 2.03 bits per heavy atom. The number of hydrogen-bond donors (Lipinski definition) is 8. The Morgan fingerprint density at radius 2 is 1.34 bits per heavy atom. The zero-order valence-corrected chi connectivity index (χ0v) is 34.8. The van der Waals surface area contributed by atoms with Gasteiger partial charge in [-0.15, -0.1) is 0 Å². The number of amides is 6. The molecular weight excluding hydrogens is 797 g/mol. The third-order valence-electron chi connectivity index (χ3n) is 12.7. The van der Waals surface area contributed by atoms with Gasteiger partial charge in [0.1, 0.15) is 29.7 Å². The molecular formula is C46H56N6O10. The van der Waals surface area contributed by atoms with Gasteiger partial charge in [-0.25, -0.2) is 0 Å². The zero-order chi connectivity index (χ0) is 44.4. The highest BCUT2D eigenvalue weighted by Gasteiger charge is 2.56. The highest BCUT2D eigenvalue weighted by molar-refractivity contribution is 5.94. The molecule has 3 aromatic carbocycles. The van der Waals surface area contributed by atoms with E-state index in [0.29, 0.717) is 29.1 Å². The molecule has 3 aliphatic rings. The Balaban J connectivity index is 0.978. The van der Waals surface area contributed by atoms with Crippen LogP contribution in [0, 0.1) is 17.3 Å². The van der Waals surface area contributed by atoms with E-state index in [1.165, 1.54) is 23.3 Å². The molecule has 0 bridgehead atoms. The van der Waals surface area contributed by atoms with Crippen LogP contribution in [-0.2, 0) is 57.6 Å². The van der Waals surface area contributed by atoms with Crippen molar-refractivity contribution in [1.29, 1.82) is 0 Å². The van der Waals surface area contributed by atoms with Crippen molar-refractivity contribution < 1.29 is 48.5 Å². The molecule has 7 atom stereocenters. The van der Waals surface area contributed by atoms with Gasteiger partial charge in [0.15, 0.2) is 0 Å². The highest BCUT2D eigenvalue weighted by atomic mass is 16.5. The predicted octanol–water partition coefficient (Wildman–Crippen LogP) is 1.93. The SMILES string of the molecule is C[C@]12CC[C@@H]3c4ccc(O)cc4CC[C@H]3[C@@H]1CC[C@@H]2OC(=O)CCC(=O)N[C@@H](Cc1ccc(O)cc1)C(=O)NCC(=O)NCC(=O)N[C@@H](Cc1ccccc1)C(=O)NCC(N)=O. The molecule has 62 heavy (non-hydrogen) atoms. The number of phenolic OH excluding ortho intramolecular Hbond substituents is 2. The average molecular weight is 853 g/mol. The standard InChI is InChI=1S/C46H56N6O10/c1-46-20-19-33-32-14-12-31(54)23-29(32)9-13-34(33)35(46)15-16-38(46)62-43(59)18-17-40(56)51-36(22-28-7-10-30(53)11-8-28)45(61)50-25-41(57)48-26-42(58)52-37(44(60)49-24-39(47)55)21-27-5-3-2-4-6-27/h2-8,10-12,14,23,33-38,53-54H,9,13,15-22,24-26H2,1H3,(H2,47,55)(H,48,57)(H,49,60)(H,50,61)(H,51,56)(H,52,58)/t33-,34-,35+,36+,37+,38+,46+/m1/s1.